The Labute approximate surface area is 208 Å². The summed E-state index contributed by atoms with van der Waals surface area (Å²) in [4.78, 5) is 26.2. The number of fused-ring (bicyclic) bond motifs is 1. The van der Waals surface area contributed by atoms with E-state index >= 15 is 0 Å². The molecule has 1 aliphatic rings. The van der Waals surface area contributed by atoms with Crippen molar-refractivity contribution < 1.29 is 19.4 Å². The van der Waals surface area contributed by atoms with Crippen molar-refractivity contribution in [1.82, 2.24) is 25.5 Å². The van der Waals surface area contributed by atoms with Gasteiger partial charge in [-0.3, -0.25) is 4.90 Å². The van der Waals surface area contributed by atoms with E-state index in [4.69, 9.17) is 4.74 Å². The van der Waals surface area contributed by atoms with Crippen LogP contribution in [-0.2, 0) is 16.1 Å². The molecule has 1 aliphatic carbocycles. The van der Waals surface area contributed by atoms with Gasteiger partial charge in [0.25, 0.3) is 0 Å². The smallest absolute Gasteiger partial charge is 0.411 e. The van der Waals surface area contributed by atoms with Crippen molar-refractivity contribution in [3.05, 3.63) is 66.2 Å². The molecule has 5 rings (SSSR count). The Kier molecular flexibility index (Phi) is 6.37. The predicted molar refractivity (Wildman–Crippen MR) is 134 cm³/mol. The van der Waals surface area contributed by atoms with E-state index in [1.165, 1.54) is 4.90 Å². The second kappa shape index (κ2) is 9.77. The summed E-state index contributed by atoms with van der Waals surface area (Å²) in [5.41, 5.74) is 3.71. The first-order valence-electron chi connectivity index (χ1n) is 12.0. The van der Waals surface area contributed by atoms with E-state index < -0.39 is 18.1 Å². The number of amides is 1. The van der Waals surface area contributed by atoms with Gasteiger partial charge in [-0.05, 0) is 63.6 Å². The lowest BCUT2D eigenvalue weighted by Gasteiger charge is -2.31. The highest BCUT2D eigenvalue weighted by atomic mass is 16.6. The van der Waals surface area contributed by atoms with E-state index in [0.717, 1.165) is 45.9 Å². The van der Waals surface area contributed by atoms with Crippen molar-refractivity contribution >= 4 is 22.8 Å². The highest BCUT2D eigenvalue weighted by molar-refractivity contribution is 5.91. The first-order chi connectivity index (χ1) is 17.4. The molecule has 1 amide bonds. The summed E-state index contributed by atoms with van der Waals surface area (Å²) in [5, 5.41) is 26.2. The van der Waals surface area contributed by atoms with Crippen molar-refractivity contribution in [2.24, 2.45) is 5.92 Å². The van der Waals surface area contributed by atoms with Gasteiger partial charge in [0.2, 0.25) is 5.82 Å². The molecule has 3 aromatic carbocycles. The molecule has 4 aromatic rings. The fourth-order valence-electron chi connectivity index (χ4n) is 4.41. The second-order valence-corrected chi connectivity index (χ2v) is 9.42. The van der Waals surface area contributed by atoms with Crippen LogP contribution in [0.15, 0.2) is 60.7 Å². The van der Waals surface area contributed by atoms with Gasteiger partial charge in [-0.2, -0.15) is 5.21 Å². The Morgan fingerprint density at radius 2 is 1.78 bits per heavy atom. The molecule has 9 heteroatoms. The van der Waals surface area contributed by atoms with Gasteiger partial charge in [0, 0.05) is 12.1 Å². The first-order valence-corrected chi connectivity index (χ1v) is 12.0. The lowest BCUT2D eigenvalue weighted by molar-refractivity contribution is -0.144. The quantitative estimate of drug-likeness (QED) is 0.364. The highest BCUT2D eigenvalue weighted by Gasteiger charge is 2.36. The minimum atomic E-state index is -1.04. The number of nitrogens with one attached hydrogen (secondary N) is 1. The largest absolute Gasteiger partial charge is 0.480 e. The van der Waals surface area contributed by atoms with Gasteiger partial charge in [-0.25, -0.2) is 9.59 Å². The number of carboxylic acids is 1. The monoisotopic (exact) mass is 485 g/mol. The van der Waals surface area contributed by atoms with Crippen LogP contribution in [0.4, 0.5) is 4.79 Å². The average Bonchev–Trinajstić information content (AvgIpc) is 3.50. The summed E-state index contributed by atoms with van der Waals surface area (Å²) in [6.45, 7) is 3.74. The maximum atomic E-state index is 12.9. The van der Waals surface area contributed by atoms with Crippen molar-refractivity contribution in [3.63, 3.8) is 0 Å². The molecular formula is C27H27N5O4. The van der Waals surface area contributed by atoms with Crippen LogP contribution in [0.25, 0.3) is 33.3 Å². The lowest BCUT2D eigenvalue weighted by atomic mass is 9.96. The Bertz CT molecular complexity index is 1400. The number of carbonyl (C=O) groups is 2. The number of hydrogen-bond donors (Lipinski definition) is 2. The van der Waals surface area contributed by atoms with Gasteiger partial charge >= 0.3 is 12.1 Å². The summed E-state index contributed by atoms with van der Waals surface area (Å²) < 4.78 is 5.48. The van der Waals surface area contributed by atoms with Crippen LogP contribution in [0, 0.1) is 5.92 Å². The molecule has 184 valence electrons. The number of carboxylic acid groups (broad SMARTS) is 1. The fraction of sp³-hybridized carbons (Fsp3) is 0.296. The Hall–Kier alpha value is -4.27. The number of aliphatic carboxylic acids is 1. The predicted octanol–water partition coefficient (Wildman–Crippen LogP) is 4.90. The number of aromatic amines is 1. The van der Waals surface area contributed by atoms with Crippen LogP contribution in [0.3, 0.4) is 0 Å². The third-order valence-corrected chi connectivity index (χ3v) is 6.33. The Morgan fingerprint density at radius 1 is 1.06 bits per heavy atom. The number of H-pyrrole nitrogens is 1. The summed E-state index contributed by atoms with van der Waals surface area (Å²) in [6, 6.07) is 18.9. The van der Waals surface area contributed by atoms with E-state index in [1.54, 1.807) is 13.8 Å². The number of tetrazole rings is 1. The molecule has 1 saturated carbocycles. The lowest BCUT2D eigenvalue weighted by Crippen LogP contribution is -2.48. The van der Waals surface area contributed by atoms with E-state index in [-0.39, 0.29) is 18.6 Å². The van der Waals surface area contributed by atoms with Gasteiger partial charge in [0.1, 0.15) is 12.1 Å². The molecule has 1 aromatic heterocycles. The Morgan fingerprint density at radius 3 is 2.44 bits per heavy atom. The van der Waals surface area contributed by atoms with Crippen molar-refractivity contribution in [1.29, 1.82) is 0 Å². The zero-order valence-corrected chi connectivity index (χ0v) is 20.1. The number of ether oxygens (including phenoxy) is 1. The van der Waals surface area contributed by atoms with Gasteiger partial charge in [0.15, 0.2) is 0 Å². The van der Waals surface area contributed by atoms with Crippen LogP contribution < -0.4 is 0 Å². The minimum Gasteiger partial charge on any atom is -0.480 e. The topological polar surface area (TPSA) is 121 Å². The van der Waals surface area contributed by atoms with Crippen molar-refractivity contribution in [3.8, 4) is 22.5 Å². The molecule has 0 bridgehead atoms. The number of rotatable bonds is 8. The molecule has 1 fully saturated rings. The molecule has 0 unspecified atom stereocenters. The van der Waals surface area contributed by atoms with Crippen LogP contribution >= 0.6 is 0 Å². The molecule has 0 saturated heterocycles. The number of aromatic nitrogens is 4. The zero-order chi connectivity index (χ0) is 25.2. The number of nitrogens with zero attached hydrogens (tertiary/aromatic N) is 4. The van der Waals surface area contributed by atoms with Gasteiger partial charge in [-0.15, -0.1) is 10.2 Å². The number of benzene rings is 3. The maximum absolute atomic E-state index is 12.9. The van der Waals surface area contributed by atoms with Crippen LogP contribution in [-0.4, -0.2) is 54.8 Å². The molecule has 0 radical (unpaired) electrons. The fourth-order valence-corrected chi connectivity index (χ4v) is 4.41. The van der Waals surface area contributed by atoms with Gasteiger partial charge in [0.05, 0.1) is 0 Å². The molecule has 9 nitrogen and oxygen atoms in total. The third-order valence-electron chi connectivity index (χ3n) is 6.33. The van der Waals surface area contributed by atoms with E-state index in [0.29, 0.717) is 5.82 Å². The van der Waals surface area contributed by atoms with Crippen LogP contribution in [0.2, 0.25) is 0 Å². The Balaban J connectivity index is 1.45. The summed E-state index contributed by atoms with van der Waals surface area (Å²) >= 11 is 0. The maximum Gasteiger partial charge on any atom is 0.411 e. The van der Waals surface area contributed by atoms with Gasteiger partial charge in [-0.1, -0.05) is 62.4 Å². The van der Waals surface area contributed by atoms with Crippen molar-refractivity contribution in [2.75, 3.05) is 0 Å². The summed E-state index contributed by atoms with van der Waals surface area (Å²) in [5.74, 6) is -0.780. The number of carbonyl (C=O) groups excluding carboxylic acids is 1. The summed E-state index contributed by atoms with van der Waals surface area (Å²) in [6.07, 6.45) is 0.972. The SMILES string of the molecule is CC(C)[C@@H](C(=O)O)N(Cc1ccc2cc(-c3ccccc3-c3nn[nH]n3)ccc2c1)C(=O)OC1CC1. The first kappa shape index (κ1) is 23.5. The molecule has 2 N–H and O–H groups in total. The molecule has 0 spiro atoms. The summed E-state index contributed by atoms with van der Waals surface area (Å²) in [7, 11) is 0. The third kappa shape index (κ3) is 4.91. The average molecular weight is 486 g/mol. The minimum absolute atomic E-state index is 0.105. The van der Waals surface area contributed by atoms with E-state index in [2.05, 4.69) is 26.7 Å². The van der Waals surface area contributed by atoms with Crippen LogP contribution in [0.5, 0.6) is 0 Å². The van der Waals surface area contributed by atoms with E-state index in [1.807, 2.05) is 54.6 Å². The standard InChI is InChI=1S/C27H27N5O4/c1-16(2)24(26(33)34)32(27(35)36-21-11-12-21)15-17-7-8-19-14-20(10-9-18(19)13-17)22-5-3-4-6-23(22)25-28-30-31-29-25/h3-10,13-14,16,21,24H,11-12,15H2,1-2H3,(H,33,34)(H,28,29,30,31)/t24-/m0/s1. The highest BCUT2D eigenvalue weighted by Crippen LogP contribution is 2.32. The molecule has 1 atom stereocenters. The van der Waals surface area contributed by atoms with Crippen LogP contribution in [0.1, 0.15) is 32.3 Å². The molecule has 1 heterocycles. The number of hydrogen-bond acceptors (Lipinski definition) is 6. The van der Waals surface area contributed by atoms with Crippen molar-refractivity contribution in [2.45, 2.75) is 45.4 Å². The normalized spacial score (nSPS) is 14.1. The molecular weight excluding hydrogens is 458 g/mol. The second-order valence-electron chi connectivity index (χ2n) is 9.42. The molecule has 0 aliphatic heterocycles. The van der Waals surface area contributed by atoms with Gasteiger partial charge < -0.3 is 9.84 Å². The zero-order valence-electron chi connectivity index (χ0n) is 20.1. The van der Waals surface area contributed by atoms with E-state index in [9.17, 15) is 14.7 Å². The molecule has 36 heavy (non-hydrogen) atoms.